The molecule has 1 unspecified atom stereocenters. The van der Waals surface area contributed by atoms with Crippen LogP contribution < -0.4 is 10.6 Å². The highest BCUT2D eigenvalue weighted by Gasteiger charge is 2.26. The zero-order valence-electron chi connectivity index (χ0n) is 16.9. The third kappa shape index (κ3) is 9.30. The molecule has 2 rings (SSSR count). The number of furan rings is 1. The van der Waals surface area contributed by atoms with Gasteiger partial charge in [-0.05, 0) is 71.3 Å². The first-order valence-corrected chi connectivity index (χ1v) is 10.1. The maximum absolute atomic E-state index is 10.5. The number of piperidine rings is 1. The quantitative estimate of drug-likeness (QED) is 0.202. The molecule has 156 valence electrons. The highest BCUT2D eigenvalue weighted by molar-refractivity contribution is 14.0. The van der Waals surface area contributed by atoms with E-state index in [1.54, 1.807) is 25.3 Å². The van der Waals surface area contributed by atoms with Gasteiger partial charge in [0, 0.05) is 13.1 Å². The van der Waals surface area contributed by atoms with Crippen LogP contribution in [0.5, 0.6) is 0 Å². The van der Waals surface area contributed by atoms with Crippen molar-refractivity contribution in [3.63, 3.8) is 0 Å². The Balaban J connectivity index is 0.00000364. The summed E-state index contributed by atoms with van der Waals surface area (Å²) in [5.41, 5.74) is -1.10. The standard InChI is InChI=1S/C20H36N4O2.HI/c1-3-21-19(23-17-20(2,25)18-11-10-16-26-18)22-12-6-4-7-13-24-14-8-5-9-15-24;/h10-11,16,25H,3-9,12-15,17H2,1-2H3,(H2,21,22,23);1H. The number of nitrogens with one attached hydrogen (secondary N) is 2. The number of unbranched alkanes of at least 4 members (excludes halogenated alkanes) is 2. The Morgan fingerprint density at radius 2 is 2.00 bits per heavy atom. The highest BCUT2D eigenvalue weighted by Crippen LogP contribution is 2.21. The van der Waals surface area contributed by atoms with E-state index in [9.17, 15) is 5.11 Å². The van der Waals surface area contributed by atoms with Crippen LogP contribution in [0.3, 0.4) is 0 Å². The molecule has 0 spiro atoms. The Labute approximate surface area is 181 Å². The van der Waals surface area contributed by atoms with E-state index in [0.29, 0.717) is 5.76 Å². The van der Waals surface area contributed by atoms with Crippen molar-refractivity contribution in [3.05, 3.63) is 24.2 Å². The fourth-order valence-electron chi connectivity index (χ4n) is 3.26. The van der Waals surface area contributed by atoms with Gasteiger partial charge in [-0.2, -0.15) is 0 Å². The minimum atomic E-state index is -1.10. The van der Waals surface area contributed by atoms with Crippen LogP contribution in [0.15, 0.2) is 27.8 Å². The molecule has 0 saturated carbocycles. The van der Waals surface area contributed by atoms with E-state index in [1.165, 1.54) is 51.7 Å². The second-order valence-electron chi connectivity index (χ2n) is 7.34. The van der Waals surface area contributed by atoms with Gasteiger partial charge in [0.15, 0.2) is 5.96 Å². The lowest BCUT2D eigenvalue weighted by Gasteiger charge is -2.26. The van der Waals surface area contributed by atoms with Crippen LogP contribution in [0, 0.1) is 0 Å². The van der Waals surface area contributed by atoms with Crippen molar-refractivity contribution < 1.29 is 9.52 Å². The number of guanidine groups is 1. The molecule has 1 atom stereocenters. The molecule has 7 heteroatoms. The molecule has 1 aliphatic heterocycles. The Morgan fingerprint density at radius 1 is 1.22 bits per heavy atom. The van der Waals surface area contributed by atoms with E-state index in [1.807, 2.05) is 6.92 Å². The first-order valence-electron chi connectivity index (χ1n) is 10.1. The molecule has 1 aliphatic rings. The largest absolute Gasteiger partial charge is 0.466 e. The van der Waals surface area contributed by atoms with Crippen LogP contribution in [-0.4, -0.2) is 55.2 Å². The summed E-state index contributed by atoms with van der Waals surface area (Å²) in [4.78, 5) is 7.10. The summed E-state index contributed by atoms with van der Waals surface area (Å²) in [5, 5.41) is 17.1. The zero-order chi connectivity index (χ0) is 18.7. The topological polar surface area (TPSA) is 73.0 Å². The molecule has 1 aromatic heterocycles. The van der Waals surface area contributed by atoms with E-state index in [0.717, 1.165) is 25.5 Å². The summed E-state index contributed by atoms with van der Waals surface area (Å²) >= 11 is 0. The van der Waals surface area contributed by atoms with Crippen molar-refractivity contribution >= 4 is 29.9 Å². The Hall–Kier alpha value is -0.800. The number of nitrogens with zero attached hydrogens (tertiary/aromatic N) is 2. The van der Waals surface area contributed by atoms with Crippen molar-refractivity contribution in [2.24, 2.45) is 4.99 Å². The Bertz CT molecular complexity index is 514. The summed E-state index contributed by atoms with van der Waals surface area (Å²) in [5.74, 6) is 1.28. The van der Waals surface area contributed by atoms with Crippen molar-refractivity contribution in [1.82, 2.24) is 15.5 Å². The third-order valence-electron chi connectivity index (χ3n) is 4.83. The van der Waals surface area contributed by atoms with E-state index in [-0.39, 0.29) is 30.5 Å². The van der Waals surface area contributed by atoms with Crippen LogP contribution >= 0.6 is 24.0 Å². The minimum Gasteiger partial charge on any atom is -0.466 e. The van der Waals surface area contributed by atoms with Crippen molar-refractivity contribution in [2.45, 2.75) is 58.0 Å². The van der Waals surface area contributed by atoms with Gasteiger partial charge in [-0.15, -0.1) is 24.0 Å². The van der Waals surface area contributed by atoms with Crippen molar-refractivity contribution in [2.75, 3.05) is 39.3 Å². The third-order valence-corrected chi connectivity index (χ3v) is 4.83. The summed E-state index contributed by atoms with van der Waals surface area (Å²) in [6.07, 6.45) is 9.33. The lowest BCUT2D eigenvalue weighted by atomic mass is 10.0. The highest BCUT2D eigenvalue weighted by atomic mass is 127. The van der Waals surface area contributed by atoms with E-state index >= 15 is 0 Å². The molecule has 6 nitrogen and oxygen atoms in total. The number of aliphatic imine (C=N–C) groups is 1. The number of hydrogen-bond acceptors (Lipinski definition) is 4. The van der Waals surface area contributed by atoms with Crippen LogP contribution in [0.1, 0.15) is 58.1 Å². The first kappa shape index (κ1) is 24.2. The van der Waals surface area contributed by atoms with E-state index in [4.69, 9.17) is 4.42 Å². The average molecular weight is 492 g/mol. The SMILES string of the molecule is CCNC(=NCC(C)(O)c1ccco1)NCCCCCN1CCCCC1.I. The summed E-state index contributed by atoms with van der Waals surface area (Å²) in [6.45, 7) is 9.51. The smallest absolute Gasteiger partial charge is 0.191 e. The molecule has 2 heterocycles. The predicted octanol–water partition coefficient (Wildman–Crippen LogP) is 3.32. The van der Waals surface area contributed by atoms with Gasteiger partial charge < -0.3 is 25.1 Å². The Morgan fingerprint density at radius 3 is 2.67 bits per heavy atom. The number of hydrogen-bond donors (Lipinski definition) is 3. The zero-order valence-corrected chi connectivity index (χ0v) is 19.2. The molecule has 1 saturated heterocycles. The van der Waals surface area contributed by atoms with E-state index in [2.05, 4.69) is 20.5 Å². The molecule has 0 aromatic carbocycles. The molecule has 27 heavy (non-hydrogen) atoms. The van der Waals surface area contributed by atoms with Crippen LogP contribution in [0.4, 0.5) is 0 Å². The maximum atomic E-state index is 10.5. The predicted molar refractivity (Wildman–Crippen MR) is 122 cm³/mol. The lowest BCUT2D eigenvalue weighted by molar-refractivity contribution is 0.0437. The van der Waals surface area contributed by atoms with E-state index < -0.39 is 5.60 Å². The number of halogens is 1. The normalized spacial score (nSPS) is 17.8. The molecular weight excluding hydrogens is 455 g/mol. The number of aliphatic hydroxyl groups is 1. The van der Waals surface area contributed by atoms with Gasteiger partial charge in [0.05, 0.1) is 12.8 Å². The van der Waals surface area contributed by atoms with Gasteiger partial charge in [0.1, 0.15) is 11.4 Å². The number of likely N-dealkylation sites (tertiary alicyclic amines) is 1. The molecule has 1 aromatic rings. The van der Waals surface area contributed by atoms with Crippen LogP contribution in [0.2, 0.25) is 0 Å². The maximum Gasteiger partial charge on any atom is 0.191 e. The molecule has 1 fully saturated rings. The molecule has 0 aliphatic carbocycles. The first-order chi connectivity index (χ1) is 12.6. The van der Waals surface area contributed by atoms with Gasteiger partial charge >= 0.3 is 0 Å². The van der Waals surface area contributed by atoms with Gasteiger partial charge in [-0.25, -0.2) is 4.99 Å². The van der Waals surface area contributed by atoms with Crippen molar-refractivity contribution in [3.8, 4) is 0 Å². The second-order valence-corrected chi connectivity index (χ2v) is 7.34. The molecule has 0 amide bonds. The van der Waals surface area contributed by atoms with Gasteiger partial charge in [0.25, 0.3) is 0 Å². The summed E-state index contributed by atoms with van der Waals surface area (Å²) in [6, 6.07) is 3.55. The Kier molecular flexibility index (Phi) is 12.0. The average Bonchev–Trinajstić information content (AvgIpc) is 3.19. The summed E-state index contributed by atoms with van der Waals surface area (Å²) in [7, 11) is 0. The molecule has 3 N–H and O–H groups in total. The van der Waals surface area contributed by atoms with Crippen LogP contribution in [0.25, 0.3) is 0 Å². The minimum absolute atomic E-state index is 0. The fraction of sp³-hybridized carbons (Fsp3) is 0.750. The molecular formula is C20H37IN4O2. The van der Waals surface area contributed by atoms with Gasteiger partial charge in [-0.1, -0.05) is 12.8 Å². The monoisotopic (exact) mass is 492 g/mol. The van der Waals surface area contributed by atoms with Gasteiger partial charge in [-0.3, -0.25) is 0 Å². The molecule has 0 bridgehead atoms. The van der Waals surface area contributed by atoms with Gasteiger partial charge in [0.2, 0.25) is 0 Å². The van der Waals surface area contributed by atoms with Crippen molar-refractivity contribution in [1.29, 1.82) is 0 Å². The van der Waals surface area contributed by atoms with Crippen LogP contribution in [-0.2, 0) is 5.60 Å². The second kappa shape index (κ2) is 13.4. The number of rotatable bonds is 10. The lowest BCUT2D eigenvalue weighted by Crippen LogP contribution is -2.39. The molecule has 0 radical (unpaired) electrons. The summed E-state index contributed by atoms with van der Waals surface area (Å²) < 4.78 is 5.30. The fourth-order valence-corrected chi connectivity index (χ4v) is 3.26.